The standard InChI is InChI=1S/C21H26N4O3/c1-2-4-18-17(12-22-14-23-18)21(26)25-8-3-5-16(13-25)24-15-6-7-19-20(11-15)28-10-9-27-19/h6-7,11-12,14,16,24H,2-5,8-10,13H2,1H3/t16-/m1/s1. The fourth-order valence-corrected chi connectivity index (χ4v) is 3.79. The maximum Gasteiger partial charge on any atom is 0.257 e. The Hall–Kier alpha value is -2.83. The Kier molecular flexibility index (Phi) is 5.60. The molecule has 1 atom stereocenters. The van der Waals surface area contributed by atoms with Crippen LogP contribution in [-0.2, 0) is 6.42 Å². The summed E-state index contributed by atoms with van der Waals surface area (Å²) in [5.74, 6) is 1.58. The van der Waals surface area contributed by atoms with Crippen LogP contribution in [0.5, 0.6) is 11.5 Å². The molecule has 7 heteroatoms. The number of piperidine rings is 1. The fraction of sp³-hybridized carbons (Fsp3) is 0.476. The van der Waals surface area contributed by atoms with Gasteiger partial charge in [-0.1, -0.05) is 13.3 Å². The molecule has 0 saturated carbocycles. The van der Waals surface area contributed by atoms with Gasteiger partial charge >= 0.3 is 0 Å². The summed E-state index contributed by atoms with van der Waals surface area (Å²) >= 11 is 0. The second kappa shape index (κ2) is 8.46. The Labute approximate surface area is 165 Å². The second-order valence-electron chi connectivity index (χ2n) is 7.23. The highest BCUT2D eigenvalue weighted by molar-refractivity contribution is 5.95. The summed E-state index contributed by atoms with van der Waals surface area (Å²) in [5, 5.41) is 3.55. The second-order valence-corrected chi connectivity index (χ2v) is 7.23. The van der Waals surface area contributed by atoms with Gasteiger partial charge in [0.05, 0.1) is 11.3 Å². The number of hydrogen-bond acceptors (Lipinski definition) is 6. The number of fused-ring (bicyclic) bond motifs is 1. The summed E-state index contributed by atoms with van der Waals surface area (Å²) in [4.78, 5) is 23.4. The topological polar surface area (TPSA) is 76.6 Å². The molecule has 1 fully saturated rings. The molecule has 0 radical (unpaired) electrons. The summed E-state index contributed by atoms with van der Waals surface area (Å²) < 4.78 is 11.2. The predicted molar refractivity (Wildman–Crippen MR) is 106 cm³/mol. The summed E-state index contributed by atoms with van der Waals surface area (Å²) in [6, 6.07) is 6.10. The van der Waals surface area contributed by atoms with Gasteiger partial charge in [0.15, 0.2) is 11.5 Å². The molecule has 3 heterocycles. The van der Waals surface area contributed by atoms with Gasteiger partial charge in [0.1, 0.15) is 19.5 Å². The monoisotopic (exact) mass is 382 g/mol. The van der Waals surface area contributed by atoms with Crippen molar-refractivity contribution >= 4 is 11.6 Å². The largest absolute Gasteiger partial charge is 0.486 e. The van der Waals surface area contributed by atoms with Crippen molar-refractivity contribution < 1.29 is 14.3 Å². The van der Waals surface area contributed by atoms with Gasteiger partial charge in [0.25, 0.3) is 5.91 Å². The van der Waals surface area contributed by atoms with Crippen LogP contribution in [-0.4, -0.2) is 53.1 Å². The molecule has 2 aliphatic heterocycles. The van der Waals surface area contributed by atoms with Gasteiger partial charge in [-0.3, -0.25) is 4.79 Å². The van der Waals surface area contributed by atoms with Gasteiger partial charge in [-0.2, -0.15) is 0 Å². The zero-order valence-corrected chi connectivity index (χ0v) is 16.2. The lowest BCUT2D eigenvalue weighted by molar-refractivity contribution is 0.0712. The maximum atomic E-state index is 13.1. The summed E-state index contributed by atoms with van der Waals surface area (Å²) in [7, 11) is 0. The van der Waals surface area contributed by atoms with E-state index < -0.39 is 0 Å². The minimum absolute atomic E-state index is 0.0257. The van der Waals surface area contributed by atoms with Crippen LogP contribution in [0.2, 0.25) is 0 Å². The molecule has 0 aliphatic carbocycles. The van der Waals surface area contributed by atoms with Crippen LogP contribution in [0.15, 0.2) is 30.7 Å². The van der Waals surface area contributed by atoms with Crippen LogP contribution in [0.25, 0.3) is 0 Å². The number of nitrogens with one attached hydrogen (secondary N) is 1. The number of hydrogen-bond donors (Lipinski definition) is 1. The first-order chi connectivity index (χ1) is 13.7. The molecule has 4 rings (SSSR count). The molecular formula is C21H26N4O3. The van der Waals surface area contributed by atoms with Crippen LogP contribution in [0.4, 0.5) is 5.69 Å². The molecule has 7 nitrogen and oxygen atoms in total. The Morgan fingerprint density at radius 2 is 2.14 bits per heavy atom. The number of carbonyl (C=O) groups excluding carboxylic acids is 1. The quantitative estimate of drug-likeness (QED) is 0.857. The van der Waals surface area contributed by atoms with E-state index in [4.69, 9.17) is 9.47 Å². The first-order valence-electron chi connectivity index (χ1n) is 9.99. The van der Waals surface area contributed by atoms with Crippen molar-refractivity contribution in [3.8, 4) is 11.5 Å². The van der Waals surface area contributed by atoms with Crippen molar-refractivity contribution in [2.24, 2.45) is 0 Å². The molecule has 0 unspecified atom stereocenters. The van der Waals surface area contributed by atoms with Crippen LogP contribution in [0.1, 0.15) is 42.2 Å². The van der Waals surface area contributed by atoms with E-state index in [1.807, 2.05) is 23.1 Å². The highest BCUT2D eigenvalue weighted by Crippen LogP contribution is 2.33. The third-order valence-corrected chi connectivity index (χ3v) is 5.13. The smallest absolute Gasteiger partial charge is 0.257 e. The van der Waals surface area contributed by atoms with Gasteiger partial charge in [-0.25, -0.2) is 9.97 Å². The minimum Gasteiger partial charge on any atom is -0.486 e. The molecule has 1 N–H and O–H groups in total. The fourth-order valence-electron chi connectivity index (χ4n) is 3.79. The molecule has 28 heavy (non-hydrogen) atoms. The number of likely N-dealkylation sites (tertiary alicyclic amines) is 1. The number of benzene rings is 1. The SMILES string of the molecule is CCCc1ncncc1C(=O)N1CCC[C@@H](Nc2ccc3c(c2)OCCO3)C1. The highest BCUT2D eigenvalue weighted by atomic mass is 16.6. The maximum absolute atomic E-state index is 13.1. The number of aryl methyl sites for hydroxylation is 1. The average Bonchev–Trinajstić information content (AvgIpc) is 2.74. The number of aromatic nitrogens is 2. The molecule has 1 aromatic carbocycles. The molecule has 1 amide bonds. The number of ether oxygens (including phenoxy) is 2. The Morgan fingerprint density at radius 3 is 3.00 bits per heavy atom. The van der Waals surface area contributed by atoms with Gasteiger partial charge in [0.2, 0.25) is 0 Å². The van der Waals surface area contributed by atoms with Crippen molar-refractivity contribution in [2.45, 2.75) is 38.6 Å². The predicted octanol–water partition coefficient (Wildman–Crippen LogP) is 2.92. The Balaban J connectivity index is 1.44. The van der Waals surface area contributed by atoms with E-state index in [1.54, 1.807) is 6.20 Å². The van der Waals surface area contributed by atoms with E-state index in [-0.39, 0.29) is 11.9 Å². The molecule has 0 spiro atoms. The van der Waals surface area contributed by atoms with Crippen molar-refractivity contribution in [1.29, 1.82) is 0 Å². The first kappa shape index (κ1) is 18.5. The zero-order valence-electron chi connectivity index (χ0n) is 16.2. The molecule has 1 saturated heterocycles. The van der Waals surface area contributed by atoms with Crippen molar-refractivity contribution in [2.75, 3.05) is 31.6 Å². The zero-order chi connectivity index (χ0) is 19.3. The number of carbonyl (C=O) groups is 1. The third kappa shape index (κ3) is 4.03. The number of anilines is 1. The van der Waals surface area contributed by atoms with Gasteiger partial charge in [-0.15, -0.1) is 0 Å². The summed E-state index contributed by atoms with van der Waals surface area (Å²) in [6.45, 7) is 4.67. The normalized spacial score (nSPS) is 18.6. The average molecular weight is 382 g/mol. The van der Waals surface area contributed by atoms with E-state index in [2.05, 4.69) is 22.2 Å². The lowest BCUT2D eigenvalue weighted by Crippen LogP contribution is -2.45. The lowest BCUT2D eigenvalue weighted by Gasteiger charge is -2.34. The third-order valence-electron chi connectivity index (χ3n) is 5.13. The van der Waals surface area contributed by atoms with E-state index in [9.17, 15) is 4.79 Å². The van der Waals surface area contributed by atoms with Crippen molar-refractivity contribution in [3.05, 3.63) is 42.0 Å². The van der Waals surface area contributed by atoms with E-state index in [1.165, 1.54) is 6.33 Å². The molecular weight excluding hydrogens is 356 g/mol. The van der Waals surface area contributed by atoms with Crippen LogP contribution >= 0.6 is 0 Å². The summed E-state index contributed by atoms with van der Waals surface area (Å²) in [6.07, 6.45) is 6.89. The first-order valence-corrected chi connectivity index (χ1v) is 9.99. The van der Waals surface area contributed by atoms with Crippen LogP contribution < -0.4 is 14.8 Å². The molecule has 0 bridgehead atoms. The van der Waals surface area contributed by atoms with E-state index in [0.717, 1.165) is 55.1 Å². The van der Waals surface area contributed by atoms with E-state index in [0.29, 0.717) is 25.3 Å². The Bertz CT molecular complexity index is 842. The molecule has 2 aromatic rings. The van der Waals surface area contributed by atoms with Crippen molar-refractivity contribution in [3.63, 3.8) is 0 Å². The molecule has 148 valence electrons. The molecule has 1 aromatic heterocycles. The van der Waals surface area contributed by atoms with Gasteiger partial charge in [-0.05, 0) is 31.4 Å². The van der Waals surface area contributed by atoms with Crippen LogP contribution in [0.3, 0.4) is 0 Å². The number of rotatable bonds is 5. The van der Waals surface area contributed by atoms with Crippen molar-refractivity contribution in [1.82, 2.24) is 14.9 Å². The summed E-state index contributed by atoms with van der Waals surface area (Å²) in [5.41, 5.74) is 2.45. The highest BCUT2D eigenvalue weighted by Gasteiger charge is 2.26. The van der Waals surface area contributed by atoms with Crippen LogP contribution in [0, 0.1) is 0 Å². The lowest BCUT2D eigenvalue weighted by atomic mass is 10.0. The Morgan fingerprint density at radius 1 is 1.29 bits per heavy atom. The number of amides is 1. The van der Waals surface area contributed by atoms with E-state index >= 15 is 0 Å². The van der Waals surface area contributed by atoms with Gasteiger partial charge < -0.3 is 19.7 Å². The van der Waals surface area contributed by atoms with Gasteiger partial charge in [0, 0.05) is 37.1 Å². The molecule has 2 aliphatic rings. The number of nitrogens with zero attached hydrogens (tertiary/aromatic N) is 3. The minimum atomic E-state index is 0.0257.